The molecule has 0 aliphatic rings. The number of hydrogen-bond donors (Lipinski definition) is 1. The van der Waals surface area contributed by atoms with E-state index < -0.39 is 24.2 Å². The van der Waals surface area contributed by atoms with Crippen molar-refractivity contribution in [2.45, 2.75) is 6.61 Å². The topological polar surface area (TPSA) is 94.3 Å². The van der Waals surface area contributed by atoms with E-state index in [0.717, 1.165) is 11.6 Å². The summed E-state index contributed by atoms with van der Waals surface area (Å²) in [5.74, 6) is -1.54. The molecular weight excluding hydrogens is 349 g/mol. The Morgan fingerprint density at radius 1 is 1.28 bits per heavy atom. The summed E-state index contributed by atoms with van der Waals surface area (Å²) in [6, 6.07) is 7.31. The Labute approximate surface area is 145 Å². The highest BCUT2D eigenvalue weighted by Crippen LogP contribution is 2.18. The van der Waals surface area contributed by atoms with Crippen LogP contribution < -0.4 is 5.32 Å². The van der Waals surface area contributed by atoms with Gasteiger partial charge in [-0.15, -0.1) is 0 Å². The molecule has 0 aliphatic heterocycles. The maximum absolute atomic E-state index is 13.4. The van der Waals surface area contributed by atoms with Gasteiger partial charge >= 0.3 is 5.97 Å². The van der Waals surface area contributed by atoms with E-state index in [1.54, 1.807) is 0 Å². The molecule has 0 bridgehead atoms. The fourth-order valence-electron chi connectivity index (χ4n) is 1.91. The van der Waals surface area contributed by atoms with Crippen LogP contribution in [0, 0.1) is 5.82 Å². The van der Waals surface area contributed by atoms with E-state index in [1.807, 2.05) is 16.8 Å². The van der Waals surface area contributed by atoms with Crippen molar-refractivity contribution in [2.75, 3.05) is 6.54 Å². The Morgan fingerprint density at radius 2 is 2.12 bits per heavy atom. The van der Waals surface area contributed by atoms with Crippen LogP contribution in [0.2, 0.25) is 0 Å². The third-order valence-corrected chi connectivity index (χ3v) is 3.80. The lowest BCUT2D eigenvalue weighted by Gasteiger charge is -2.05. The summed E-state index contributed by atoms with van der Waals surface area (Å²) in [5.41, 5.74) is 0.663. The molecule has 0 saturated carbocycles. The van der Waals surface area contributed by atoms with E-state index in [9.17, 15) is 14.0 Å². The second-order valence-electron chi connectivity index (χ2n) is 4.85. The molecular formula is C16H12FN3O4S. The quantitative estimate of drug-likeness (QED) is 0.678. The lowest BCUT2D eigenvalue weighted by atomic mass is 10.2. The van der Waals surface area contributed by atoms with Crippen LogP contribution in [0.25, 0.3) is 11.4 Å². The molecule has 2 aromatic heterocycles. The summed E-state index contributed by atoms with van der Waals surface area (Å²) in [4.78, 5) is 27.5. The van der Waals surface area contributed by atoms with Gasteiger partial charge in [0.25, 0.3) is 11.8 Å². The first-order chi connectivity index (χ1) is 12.1. The number of nitrogens with one attached hydrogen (secondary N) is 1. The maximum atomic E-state index is 13.4. The van der Waals surface area contributed by atoms with Crippen LogP contribution in [0.4, 0.5) is 4.39 Å². The summed E-state index contributed by atoms with van der Waals surface area (Å²) in [5, 5.41) is 9.80. The van der Waals surface area contributed by atoms with E-state index in [-0.39, 0.29) is 18.1 Å². The van der Waals surface area contributed by atoms with Gasteiger partial charge in [-0.3, -0.25) is 9.59 Å². The number of aromatic nitrogens is 2. The van der Waals surface area contributed by atoms with Crippen molar-refractivity contribution >= 4 is 23.2 Å². The molecule has 0 radical (unpaired) electrons. The molecule has 0 saturated heterocycles. The number of amides is 1. The van der Waals surface area contributed by atoms with Crippen LogP contribution in [-0.2, 0) is 16.1 Å². The van der Waals surface area contributed by atoms with E-state index >= 15 is 0 Å². The Bertz CT molecular complexity index is 879. The number of hydrogen-bond acceptors (Lipinski definition) is 7. The van der Waals surface area contributed by atoms with Crippen LogP contribution >= 0.6 is 11.3 Å². The van der Waals surface area contributed by atoms with Gasteiger partial charge in [0.2, 0.25) is 5.82 Å². The predicted octanol–water partition coefficient (Wildman–Crippen LogP) is 2.41. The standard InChI is InChI=1S/C16H12FN3O4S/c17-12-4-2-1-3-11(12)16(22)18-7-14(21)23-8-13-19-15(20-24-13)10-5-6-25-9-10/h1-6,9H,7-8H2,(H,18,22). The molecule has 0 unspecified atom stereocenters. The zero-order valence-corrected chi connectivity index (χ0v) is 13.6. The molecule has 0 spiro atoms. The Hall–Kier alpha value is -3.07. The lowest BCUT2D eigenvalue weighted by molar-refractivity contribution is -0.144. The van der Waals surface area contributed by atoms with Crippen molar-refractivity contribution in [3.63, 3.8) is 0 Å². The number of esters is 1. The van der Waals surface area contributed by atoms with Crippen LogP contribution in [0.5, 0.6) is 0 Å². The van der Waals surface area contributed by atoms with Crippen LogP contribution in [0.1, 0.15) is 16.2 Å². The molecule has 1 aromatic carbocycles. The minimum absolute atomic E-state index is 0.134. The number of carbonyl (C=O) groups excluding carboxylic acids is 2. The smallest absolute Gasteiger partial charge is 0.325 e. The first kappa shape index (κ1) is 16.8. The van der Waals surface area contributed by atoms with Crippen molar-refractivity contribution < 1.29 is 23.2 Å². The lowest BCUT2D eigenvalue weighted by Crippen LogP contribution is -2.31. The van der Waals surface area contributed by atoms with Gasteiger partial charge in [-0.2, -0.15) is 16.3 Å². The normalized spacial score (nSPS) is 10.4. The molecule has 0 fully saturated rings. The molecule has 9 heteroatoms. The van der Waals surface area contributed by atoms with E-state index in [2.05, 4.69) is 15.5 Å². The molecule has 7 nitrogen and oxygen atoms in total. The SMILES string of the molecule is O=C(CNC(=O)c1ccccc1F)OCc1nc(-c2ccsc2)no1. The second-order valence-corrected chi connectivity index (χ2v) is 5.63. The van der Waals surface area contributed by atoms with E-state index in [1.165, 1.54) is 29.5 Å². The summed E-state index contributed by atoms with van der Waals surface area (Å²) in [7, 11) is 0. The van der Waals surface area contributed by atoms with Crippen molar-refractivity contribution in [1.29, 1.82) is 0 Å². The molecule has 1 N–H and O–H groups in total. The highest BCUT2D eigenvalue weighted by Gasteiger charge is 2.14. The fourth-order valence-corrected chi connectivity index (χ4v) is 2.54. The van der Waals surface area contributed by atoms with Gasteiger partial charge in [0.1, 0.15) is 12.4 Å². The van der Waals surface area contributed by atoms with E-state index in [4.69, 9.17) is 9.26 Å². The number of ether oxygens (including phenoxy) is 1. The van der Waals surface area contributed by atoms with Gasteiger partial charge in [0.15, 0.2) is 6.61 Å². The zero-order chi connectivity index (χ0) is 17.6. The minimum Gasteiger partial charge on any atom is -0.454 e. The summed E-state index contributed by atoms with van der Waals surface area (Å²) in [6.07, 6.45) is 0. The van der Waals surface area contributed by atoms with Gasteiger partial charge in [-0.25, -0.2) is 4.39 Å². The zero-order valence-electron chi connectivity index (χ0n) is 12.8. The maximum Gasteiger partial charge on any atom is 0.325 e. The van der Waals surface area contributed by atoms with Crippen molar-refractivity contribution in [3.05, 3.63) is 58.4 Å². The predicted molar refractivity (Wildman–Crippen MR) is 86.1 cm³/mol. The number of nitrogens with zero attached hydrogens (tertiary/aromatic N) is 2. The van der Waals surface area contributed by atoms with Crippen molar-refractivity contribution in [1.82, 2.24) is 15.5 Å². The number of rotatable bonds is 6. The van der Waals surface area contributed by atoms with Crippen LogP contribution in [-0.4, -0.2) is 28.6 Å². The molecule has 128 valence electrons. The summed E-state index contributed by atoms with van der Waals surface area (Å²) in [6.45, 7) is -0.621. The van der Waals surface area contributed by atoms with Crippen molar-refractivity contribution in [3.8, 4) is 11.4 Å². The van der Waals surface area contributed by atoms with E-state index in [0.29, 0.717) is 5.82 Å². The van der Waals surface area contributed by atoms with Gasteiger partial charge in [0, 0.05) is 10.9 Å². The largest absolute Gasteiger partial charge is 0.454 e. The molecule has 0 atom stereocenters. The third kappa shape index (κ3) is 4.27. The third-order valence-electron chi connectivity index (χ3n) is 3.12. The highest BCUT2D eigenvalue weighted by atomic mass is 32.1. The molecule has 3 aromatic rings. The van der Waals surface area contributed by atoms with Crippen molar-refractivity contribution in [2.24, 2.45) is 0 Å². The average molecular weight is 361 g/mol. The Kier molecular flexibility index (Phi) is 5.14. The Balaban J connectivity index is 1.47. The van der Waals surface area contributed by atoms with Crippen LogP contribution in [0.15, 0.2) is 45.6 Å². The number of benzene rings is 1. The average Bonchev–Trinajstić information content (AvgIpc) is 3.29. The summed E-state index contributed by atoms with van der Waals surface area (Å²) >= 11 is 1.50. The first-order valence-corrected chi connectivity index (χ1v) is 8.11. The van der Waals surface area contributed by atoms with Gasteiger partial charge in [0.05, 0.1) is 5.56 Å². The number of thiophene rings is 1. The number of halogens is 1. The van der Waals surface area contributed by atoms with Crippen LogP contribution in [0.3, 0.4) is 0 Å². The van der Waals surface area contributed by atoms with Gasteiger partial charge in [-0.05, 0) is 23.6 Å². The van der Waals surface area contributed by atoms with Gasteiger partial charge < -0.3 is 14.6 Å². The second kappa shape index (κ2) is 7.67. The molecule has 2 heterocycles. The molecule has 25 heavy (non-hydrogen) atoms. The minimum atomic E-state index is -0.708. The molecule has 1 amide bonds. The van der Waals surface area contributed by atoms with Gasteiger partial charge in [-0.1, -0.05) is 17.3 Å². The number of carbonyl (C=O) groups is 2. The molecule has 3 rings (SSSR count). The summed E-state index contributed by atoms with van der Waals surface area (Å²) < 4.78 is 23.4. The Morgan fingerprint density at radius 3 is 2.88 bits per heavy atom. The monoisotopic (exact) mass is 361 g/mol. The first-order valence-electron chi connectivity index (χ1n) is 7.17. The molecule has 0 aliphatic carbocycles. The highest BCUT2D eigenvalue weighted by molar-refractivity contribution is 7.08. The fraction of sp³-hybridized carbons (Fsp3) is 0.125.